The summed E-state index contributed by atoms with van der Waals surface area (Å²) in [7, 11) is 4.01. The van der Waals surface area contributed by atoms with Crippen molar-refractivity contribution in [3.63, 3.8) is 0 Å². The molecule has 2 aromatic rings. The van der Waals surface area contributed by atoms with Crippen LogP contribution in [0.2, 0.25) is 0 Å². The summed E-state index contributed by atoms with van der Waals surface area (Å²) in [4.78, 5) is 29.5. The van der Waals surface area contributed by atoms with Gasteiger partial charge in [-0.3, -0.25) is 14.6 Å². The van der Waals surface area contributed by atoms with Crippen molar-refractivity contribution in [1.29, 1.82) is 0 Å². The Hall–Kier alpha value is -2.93. The Morgan fingerprint density at radius 1 is 1.04 bits per heavy atom. The molecule has 2 rings (SSSR count). The number of nitrogens with one attached hydrogen (secondary N) is 3. The summed E-state index contributed by atoms with van der Waals surface area (Å²) in [5.41, 5.74) is 2.80. The number of rotatable bonds is 8. The summed E-state index contributed by atoms with van der Waals surface area (Å²) >= 11 is 0. The largest absolute Gasteiger partial charge is 0.354 e. The van der Waals surface area contributed by atoms with Crippen LogP contribution in [-0.4, -0.2) is 48.9 Å². The number of hydrogen-bond acceptors (Lipinski definition) is 5. The van der Waals surface area contributed by atoms with Crippen molar-refractivity contribution in [2.75, 3.05) is 37.8 Å². The molecule has 0 aliphatic rings. The zero-order chi connectivity index (χ0) is 18.9. The van der Waals surface area contributed by atoms with E-state index in [1.165, 1.54) is 6.92 Å². The van der Waals surface area contributed by atoms with Gasteiger partial charge in [0, 0.05) is 31.0 Å². The van der Waals surface area contributed by atoms with E-state index < -0.39 is 0 Å². The first-order valence-electron chi connectivity index (χ1n) is 8.46. The summed E-state index contributed by atoms with van der Waals surface area (Å²) in [5, 5.41) is 8.81. The minimum Gasteiger partial charge on any atom is -0.354 e. The van der Waals surface area contributed by atoms with Gasteiger partial charge in [0.05, 0.1) is 17.4 Å². The minimum absolute atomic E-state index is 0.112. The molecule has 3 N–H and O–H groups in total. The average Bonchev–Trinajstić information content (AvgIpc) is 2.60. The molecule has 26 heavy (non-hydrogen) atoms. The number of carbonyl (C=O) groups is 2. The number of amides is 2. The monoisotopic (exact) mass is 355 g/mol. The van der Waals surface area contributed by atoms with Crippen LogP contribution in [0.3, 0.4) is 0 Å². The lowest BCUT2D eigenvalue weighted by Gasteiger charge is -2.11. The van der Waals surface area contributed by atoms with Gasteiger partial charge in [0.25, 0.3) is 5.91 Å². The Balaban J connectivity index is 1.93. The molecule has 0 aliphatic carbocycles. The van der Waals surface area contributed by atoms with Crippen molar-refractivity contribution in [2.45, 2.75) is 13.3 Å². The molecule has 1 aromatic carbocycles. The van der Waals surface area contributed by atoms with Gasteiger partial charge in [0.1, 0.15) is 0 Å². The molecule has 7 heteroatoms. The second kappa shape index (κ2) is 9.53. The highest BCUT2D eigenvalue weighted by Crippen LogP contribution is 2.19. The number of hydrogen-bond donors (Lipinski definition) is 3. The fourth-order valence-electron chi connectivity index (χ4n) is 2.34. The molecule has 0 radical (unpaired) electrons. The predicted molar refractivity (Wildman–Crippen MR) is 104 cm³/mol. The smallest absolute Gasteiger partial charge is 0.252 e. The number of aromatic nitrogens is 1. The summed E-state index contributed by atoms with van der Waals surface area (Å²) in [6.07, 6.45) is 4.10. The summed E-state index contributed by atoms with van der Waals surface area (Å²) in [6.45, 7) is 3.02. The normalized spacial score (nSPS) is 10.5. The van der Waals surface area contributed by atoms with Gasteiger partial charge < -0.3 is 20.9 Å². The molecule has 1 heterocycles. The first-order chi connectivity index (χ1) is 12.4. The fourth-order valence-corrected chi connectivity index (χ4v) is 2.34. The van der Waals surface area contributed by atoms with Gasteiger partial charge in [-0.2, -0.15) is 0 Å². The van der Waals surface area contributed by atoms with Gasteiger partial charge in [-0.25, -0.2) is 0 Å². The van der Waals surface area contributed by atoms with E-state index in [9.17, 15) is 9.59 Å². The SMILES string of the molecule is CC(=O)Nc1ccc(Nc2cncc(C(=O)NCCCN(C)C)c2)cc1. The van der Waals surface area contributed by atoms with E-state index in [-0.39, 0.29) is 11.8 Å². The Morgan fingerprint density at radius 2 is 1.73 bits per heavy atom. The number of carbonyl (C=O) groups excluding carboxylic acids is 2. The second-order valence-corrected chi connectivity index (χ2v) is 6.26. The van der Waals surface area contributed by atoms with Crippen LogP contribution >= 0.6 is 0 Å². The molecule has 7 nitrogen and oxygen atoms in total. The summed E-state index contributed by atoms with van der Waals surface area (Å²) in [5.74, 6) is -0.250. The fraction of sp³-hybridized carbons (Fsp3) is 0.316. The molecule has 0 unspecified atom stereocenters. The van der Waals surface area contributed by atoms with Crippen LogP contribution in [0.15, 0.2) is 42.7 Å². The van der Waals surface area contributed by atoms with Crippen LogP contribution in [-0.2, 0) is 4.79 Å². The Morgan fingerprint density at radius 3 is 2.38 bits per heavy atom. The van der Waals surface area contributed by atoms with Crippen molar-refractivity contribution in [2.24, 2.45) is 0 Å². The van der Waals surface area contributed by atoms with E-state index in [2.05, 4.69) is 25.8 Å². The zero-order valence-electron chi connectivity index (χ0n) is 15.4. The van der Waals surface area contributed by atoms with Gasteiger partial charge in [0.2, 0.25) is 5.91 Å². The number of pyridine rings is 1. The van der Waals surface area contributed by atoms with Gasteiger partial charge in [-0.1, -0.05) is 0 Å². The number of nitrogens with zero attached hydrogens (tertiary/aromatic N) is 2. The molecule has 138 valence electrons. The third-order valence-corrected chi connectivity index (χ3v) is 3.56. The lowest BCUT2D eigenvalue weighted by molar-refractivity contribution is -0.114. The molecule has 0 aliphatic heterocycles. The zero-order valence-corrected chi connectivity index (χ0v) is 15.4. The lowest BCUT2D eigenvalue weighted by Crippen LogP contribution is -2.27. The highest BCUT2D eigenvalue weighted by Gasteiger charge is 2.07. The van der Waals surface area contributed by atoms with Crippen LogP contribution in [0.5, 0.6) is 0 Å². The van der Waals surface area contributed by atoms with Crippen molar-refractivity contribution >= 4 is 28.9 Å². The Labute approximate surface area is 153 Å². The van der Waals surface area contributed by atoms with Crippen LogP contribution < -0.4 is 16.0 Å². The minimum atomic E-state index is -0.138. The first-order valence-corrected chi connectivity index (χ1v) is 8.46. The third-order valence-electron chi connectivity index (χ3n) is 3.56. The van der Waals surface area contributed by atoms with Crippen LogP contribution in [0.4, 0.5) is 17.1 Å². The highest BCUT2D eigenvalue weighted by molar-refractivity contribution is 5.94. The van der Waals surface area contributed by atoms with E-state index in [4.69, 9.17) is 0 Å². The maximum Gasteiger partial charge on any atom is 0.252 e. The Kier molecular flexibility index (Phi) is 7.11. The molecule has 0 fully saturated rings. The maximum atomic E-state index is 12.2. The second-order valence-electron chi connectivity index (χ2n) is 6.26. The summed E-state index contributed by atoms with van der Waals surface area (Å²) in [6, 6.07) is 9.06. The number of benzene rings is 1. The molecule has 0 saturated carbocycles. The molecule has 2 amide bonds. The molecule has 0 bridgehead atoms. The van der Waals surface area contributed by atoms with Crippen molar-refractivity contribution in [3.05, 3.63) is 48.3 Å². The van der Waals surface area contributed by atoms with Gasteiger partial charge >= 0.3 is 0 Å². The van der Waals surface area contributed by atoms with Crippen LogP contribution in [0.1, 0.15) is 23.7 Å². The van der Waals surface area contributed by atoms with E-state index in [1.807, 2.05) is 26.2 Å². The van der Waals surface area contributed by atoms with E-state index >= 15 is 0 Å². The van der Waals surface area contributed by atoms with Crippen LogP contribution in [0.25, 0.3) is 0 Å². The van der Waals surface area contributed by atoms with E-state index in [0.717, 1.165) is 30.0 Å². The molecule has 0 atom stereocenters. The van der Waals surface area contributed by atoms with Crippen molar-refractivity contribution in [1.82, 2.24) is 15.2 Å². The first kappa shape index (κ1) is 19.4. The summed E-state index contributed by atoms with van der Waals surface area (Å²) < 4.78 is 0. The molecule has 1 aromatic heterocycles. The standard InChI is InChI=1S/C19H25N5O2/c1-14(25)22-16-5-7-17(8-6-16)23-18-11-15(12-20-13-18)19(26)21-9-4-10-24(2)3/h5-8,11-13,23H,4,9-10H2,1-3H3,(H,21,26)(H,22,25). The predicted octanol–water partition coefficient (Wildman–Crippen LogP) is 2.47. The molecule has 0 saturated heterocycles. The van der Waals surface area contributed by atoms with E-state index in [1.54, 1.807) is 30.6 Å². The molecular formula is C19H25N5O2. The average molecular weight is 355 g/mol. The van der Waals surface area contributed by atoms with Gasteiger partial charge in [-0.05, 0) is 57.4 Å². The number of anilines is 3. The van der Waals surface area contributed by atoms with Gasteiger partial charge in [0.15, 0.2) is 0 Å². The van der Waals surface area contributed by atoms with E-state index in [0.29, 0.717) is 12.1 Å². The van der Waals surface area contributed by atoms with Crippen molar-refractivity contribution in [3.8, 4) is 0 Å². The van der Waals surface area contributed by atoms with Crippen LogP contribution in [0, 0.1) is 0 Å². The topological polar surface area (TPSA) is 86.4 Å². The highest BCUT2D eigenvalue weighted by atomic mass is 16.2. The molecule has 0 spiro atoms. The maximum absolute atomic E-state index is 12.2. The molecular weight excluding hydrogens is 330 g/mol. The lowest BCUT2D eigenvalue weighted by atomic mass is 10.2. The Bertz CT molecular complexity index is 744. The third kappa shape index (κ3) is 6.52. The van der Waals surface area contributed by atoms with Crippen molar-refractivity contribution < 1.29 is 9.59 Å². The van der Waals surface area contributed by atoms with Gasteiger partial charge in [-0.15, -0.1) is 0 Å². The quantitative estimate of drug-likeness (QED) is 0.633.